The van der Waals surface area contributed by atoms with Crippen LogP contribution in [0.3, 0.4) is 0 Å². The lowest BCUT2D eigenvalue weighted by Crippen LogP contribution is -2.58. The summed E-state index contributed by atoms with van der Waals surface area (Å²) < 4.78 is 7.29. The molecule has 3 fully saturated rings. The Balaban J connectivity index is 1.07. The number of anilines is 1. The van der Waals surface area contributed by atoms with Gasteiger partial charge in [0.2, 0.25) is 5.91 Å². The molecule has 1 aromatic carbocycles. The number of carbonyl (C=O) groups is 1. The normalized spacial score (nSPS) is 26.6. The Morgan fingerprint density at radius 1 is 1.12 bits per heavy atom. The predicted octanol–water partition coefficient (Wildman–Crippen LogP) is 3.71. The lowest BCUT2D eigenvalue weighted by atomic mass is 9.81. The summed E-state index contributed by atoms with van der Waals surface area (Å²) in [5, 5.41) is 0. The number of ether oxygens (including phenoxy) is 1. The number of nitrogens with zero attached hydrogens (tertiary/aromatic N) is 4. The number of carbonyl (C=O) groups excluding carboxylic acids is 1. The average Bonchev–Trinajstić information content (AvgIpc) is 3.38. The first-order chi connectivity index (χ1) is 15.7. The molecule has 1 aliphatic carbocycles. The molecule has 2 atom stereocenters. The van der Waals surface area contributed by atoms with Crippen LogP contribution in [0.4, 0.5) is 5.82 Å². The van der Waals surface area contributed by atoms with Crippen LogP contribution in [0, 0.1) is 18.3 Å². The number of piperazine rings is 1. The molecule has 4 heterocycles. The minimum Gasteiger partial charge on any atom is -0.489 e. The zero-order valence-corrected chi connectivity index (χ0v) is 18.5. The predicted molar refractivity (Wildman–Crippen MR) is 125 cm³/mol. The first-order valence-corrected chi connectivity index (χ1v) is 12.1. The van der Waals surface area contributed by atoms with Crippen LogP contribution in [0.25, 0.3) is 10.2 Å². The smallest absolute Gasteiger partial charge is 0.226 e. The van der Waals surface area contributed by atoms with Gasteiger partial charge in [-0.1, -0.05) is 12.0 Å². The Hall–Kier alpha value is -3.11. The largest absolute Gasteiger partial charge is 0.489 e. The maximum absolute atomic E-state index is 13.2. The fourth-order valence-electron chi connectivity index (χ4n) is 5.34. The van der Waals surface area contributed by atoms with E-state index >= 15 is 0 Å². The highest BCUT2D eigenvalue weighted by Gasteiger charge is 2.45. The van der Waals surface area contributed by atoms with Crippen molar-refractivity contribution in [3.8, 4) is 18.1 Å². The molecular formula is C25H24N4O2S. The zero-order valence-electron chi connectivity index (χ0n) is 17.7. The van der Waals surface area contributed by atoms with E-state index in [2.05, 4.69) is 25.7 Å². The second-order valence-corrected chi connectivity index (χ2v) is 9.80. The molecule has 3 aromatic rings. The van der Waals surface area contributed by atoms with Gasteiger partial charge in [-0.3, -0.25) is 4.79 Å². The van der Waals surface area contributed by atoms with Gasteiger partial charge < -0.3 is 14.5 Å². The quantitative estimate of drug-likeness (QED) is 0.574. The molecule has 0 N–H and O–H groups in total. The van der Waals surface area contributed by atoms with Crippen molar-refractivity contribution in [2.75, 3.05) is 18.0 Å². The summed E-state index contributed by atoms with van der Waals surface area (Å²) in [5.74, 6) is 4.83. The molecule has 2 aromatic heterocycles. The van der Waals surface area contributed by atoms with E-state index in [-0.39, 0.29) is 17.9 Å². The number of benzene rings is 1. The summed E-state index contributed by atoms with van der Waals surface area (Å²) >= 11 is 1.60. The second-order valence-electron chi connectivity index (χ2n) is 8.95. The SMILES string of the molecule is C#Cc1ccc(N2C3CCC2CN(C(=O)C2CC(Oc4cccc5ncsc45)C2)C3)nc1. The fourth-order valence-corrected chi connectivity index (χ4v) is 6.08. The highest BCUT2D eigenvalue weighted by molar-refractivity contribution is 7.17. The van der Waals surface area contributed by atoms with Crippen molar-refractivity contribution in [3.63, 3.8) is 0 Å². The van der Waals surface area contributed by atoms with Gasteiger partial charge in [0, 0.05) is 42.9 Å². The molecule has 0 radical (unpaired) electrons. The summed E-state index contributed by atoms with van der Waals surface area (Å²) in [5.41, 5.74) is 3.61. The van der Waals surface area contributed by atoms with E-state index in [9.17, 15) is 4.79 Å². The van der Waals surface area contributed by atoms with Crippen LogP contribution in [-0.2, 0) is 4.79 Å². The van der Waals surface area contributed by atoms with E-state index in [4.69, 9.17) is 11.2 Å². The lowest BCUT2D eigenvalue weighted by Gasteiger charge is -2.44. The molecular weight excluding hydrogens is 420 g/mol. The number of thiazole rings is 1. The molecule has 2 aliphatic heterocycles. The van der Waals surface area contributed by atoms with Gasteiger partial charge in [0.05, 0.1) is 15.7 Å². The molecule has 1 saturated carbocycles. The van der Waals surface area contributed by atoms with Gasteiger partial charge in [-0.05, 0) is 49.9 Å². The summed E-state index contributed by atoms with van der Waals surface area (Å²) in [4.78, 5) is 26.6. The summed E-state index contributed by atoms with van der Waals surface area (Å²) in [6.07, 6.45) is 11.1. The second kappa shape index (κ2) is 7.79. The maximum Gasteiger partial charge on any atom is 0.226 e. The van der Waals surface area contributed by atoms with E-state index in [1.165, 1.54) is 0 Å². The van der Waals surface area contributed by atoms with E-state index in [1.807, 2.05) is 35.8 Å². The monoisotopic (exact) mass is 444 g/mol. The van der Waals surface area contributed by atoms with Crippen molar-refractivity contribution in [2.24, 2.45) is 5.92 Å². The number of hydrogen-bond donors (Lipinski definition) is 0. The standard InChI is InChI=1S/C25H24N4O2S/c1-2-16-6-9-23(26-12-16)29-18-7-8-19(29)14-28(13-18)25(30)17-10-20(11-17)31-22-5-3-4-21-24(22)32-15-27-21/h1,3-6,9,12,15,17-20H,7-8,10-11,13-14H2. The van der Waals surface area contributed by atoms with Gasteiger partial charge in [0.15, 0.2) is 0 Å². The van der Waals surface area contributed by atoms with Crippen molar-refractivity contribution >= 4 is 33.3 Å². The van der Waals surface area contributed by atoms with Gasteiger partial charge in [-0.25, -0.2) is 9.97 Å². The van der Waals surface area contributed by atoms with Crippen molar-refractivity contribution in [1.29, 1.82) is 0 Å². The third-order valence-electron chi connectivity index (χ3n) is 7.03. The highest BCUT2D eigenvalue weighted by atomic mass is 32.1. The first-order valence-electron chi connectivity index (χ1n) is 11.2. The van der Waals surface area contributed by atoms with Crippen LogP contribution < -0.4 is 9.64 Å². The van der Waals surface area contributed by atoms with Gasteiger partial charge in [-0.15, -0.1) is 17.8 Å². The molecule has 2 unspecified atom stereocenters. The van der Waals surface area contributed by atoms with Crippen LogP contribution in [-0.4, -0.2) is 52.1 Å². The van der Waals surface area contributed by atoms with Gasteiger partial charge in [-0.2, -0.15) is 0 Å². The van der Waals surface area contributed by atoms with E-state index < -0.39 is 0 Å². The number of rotatable bonds is 4. The molecule has 6 rings (SSSR count). The van der Waals surface area contributed by atoms with Crippen molar-refractivity contribution < 1.29 is 9.53 Å². The van der Waals surface area contributed by atoms with Crippen LogP contribution in [0.5, 0.6) is 5.75 Å². The molecule has 2 bridgehead atoms. The van der Waals surface area contributed by atoms with Gasteiger partial charge in [0.1, 0.15) is 17.7 Å². The van der Waals surface area contributed by atoms with Crippen LogP contribution in [0.2, 0.25) is 0 Å². The average molecular weight is 445 g/mol. The Bertz CT molecular complexity index is 1180. The van der Waals surface area contributed by atoms with Gasteiger partial charge >= 0.3 is 0 Å². The minimum absolute atomic E-state index is 0.0691. The number of terminal acetylenes is 1. The Labute approximate surface area is 191 Å². The van der Waals surface area contributed by atoms with E-state index in [1.54, 1.807) is 17.5 Å². The minimum atomic E-state index is 0.0691. The third kappa shape index (κ3) is 3.30. The van der Waals surface area contributed by atoms with Crippen LogP contribution in [0.1, 0.15) is 31.2 Å². The Morgan fingerprint density at radius 3 is 2.66 bits per heavy atom. The summed E-state index contributed by atoms with van der Waals surface area (Å²) in [7, 11) is 0. The molecule has 7 heteroatoms. The fraction of sp³-hybridized carbons (Fsp3) is 0.400. The summed E-state index contributed by atoms with van der Waals surface area (Å²) in [6.45, 7) is 1.55. The molecule has 3 aliphatic rings. The number of likely N-dealkylation sites (tertiary alicyclic amines) is 1. The van der Waals surface area contributed by atoms with Crippen molar-refractivity contribution in [1.82, 2.24) is 14.9 Å². The maximum atomic E-state index is 13.2. The topological polar surface area (TPSA) is 58.6 Å². The summed E-state index contributed by atoms with van der Waals surface area (Å²) in [6, 6.07) is 10.6. The molecule has 162 valence electrons. The molecule has 32 heavy (non-hydrogen) atoms. The third-order valence-corrected chi connectivity index (χ3v) is 7.89. The van der Waals surface area contributed by atoms with E-state index in [0.717, 1.165) is 66.1 Å². The Morgan fingerprint density at radius 2 is 1.94 bits per heavy atom. The van der Waals surface area contributed by atoms with Crippen LogP contribution in [0.15, 0.2) is 42.0 Å². The van der Waals surface area contributed by atoms with Gasteiger partial charge in [0.25, 0.3) is 0 Å². The van der Waals surface area contributed by atoms with Crippen molar-refractivity contribution in [2.45, 2.75) is 43.9 Å². The van der Waals surface area contributed by atoms with E-state index in [0.29, 0.717) is 12.1 Å². The van der Waals surface area contributed by atoms with Crippen LogP contribution >= 0.6 is 11.3 Å². The molecule has 0 spiro atoms. The lowest BCUT2D eigenvalue weighted by molar-refractivity contribution is -0.142. The number of fused-ring (bicyclic) bond motifs is 3. The number of amides is 1. The first kappa shape index (κ1) is 19.6. The highest BCUT2D eigenvalue weighted by Crippen LogP contribution is 2.39. The molecule has 6 nitrogen and oxygen atoms in total. The number of aromatic nitrogens is 2. The number of hydrogen-bond acceptors (Lipinski definition) is 6. The Kier molecular flexibility index (Phi) is 4.76. The molecule has 1 amide bonds. The number of pyridine rings is 1. The van der Waals surface area contributed by atoms with Crippen molar-refractivity contribution in [3.05, 3.63) is 47.6 Å². The molecule has 2 saturated heterocycles. The zero-order chi connectivity index (χ0) is 21.7.